The van der Waals surface area contributed by atoms with E-state index in [1.165, 1.54) is 6.08 Å². The van der Waals surface area contributed by atoms with Crippen molar-refractivity contribution in [3.63, 3.8) is 0 Å². The Morgan fingerprint density at radius 1 is 0.769 bits per heavy atom. The van der Waals surface area contributed by atoms with E-state index in [2.05, 4.69) is 5.32 Å². The van der Waals surface area contributed by atoms with Crippen molar-refractivity contribution in [2.24, 2.45) is 0 Å². The zero-order valence-electron chi connectivity index (χ0n) is 13.9. The average molecular weight is 343 g/mol. The lowest BCUT2D eigenvalue weighted by molar-refractivity contribution is -0.132. The quantitative estimate of drug-likeness (QED) is 0.682. The first kappa shape index (κ1) is 17.2. The van der Waals surface area contributed by atoms with E-state index >= 15 is 0 Å². The highest BCUT2D eigenvalue weighted by Crippen LogP contribution is 2.21. The molecule has 3 rings (SSSR count). The largest absolute Gasteiger partial charge is 0.477 e. The van der Waals surface area contributed by atoms with Gasteiger partial charge in [-0.15, -0.1) is 0 Å². The molecule has 0 radical (unpaired) electrons. The van der Waals surface area contributed by atoms with Gasteiger partial charge in [0.2, 0.25) is 0 Å². The van der Waals surface area contributed by atoms with Gasteiger partial charge in [-0.05, 0) is 41.0 Å². The van der Waals surface area contributed by atoms with Crippen LogP contribution in [-0.4, -0.2) is 17.0 Å². The van der Waals surface area contributed by atoms with E-state index in [-0.39, 0.29) is 5.70 Å². The van der Waals surface area contributed by atoms with Crippen LogP contribution >= 0.6 is 0 Å². The molecule has 0 unspecified atom stereocenters. The van der Waals surface area contributed by atoms with Gasteiger partial charge in [0.15, 0.2) is 0 Å². The van der Waals surface area contributed by atoms with Crippen molar-refractivity contribution in [3.05, 3.63) is 102 Å². The molecule has 0 saturated carbocycles. The number of carboxylic acid groups (broad SMARTS) is 1. The molecule has 1 amide bonds. The number of hydrogen-bond acceptors (Lipinski definition) is 2. The van der Waals surface area contributed by atoms with Gasteiger partial charge >= 0.3 is 5.97 Å². The Morgan fingerprint density at radius 3 is 2.04 bits per heavy atom. The van der Waals surface area contributed by atoms with E-state index in [4.69, 9.17) is 0 Å². The highest BCUT2D eigenvalue weighted by atomic mass is 16.4. The second kappa shape index (κ2) is 7.94. The summed E-state index contributed by atoms with van der Waals surface area (Å²) in [6.45, 7) is 0. The number of carbonyl (C=O) groups is 2. The average Bonchev–Trinajstić information content (AvgIpc) is 2.69. The molecule has 0 fully saturated rings. The van der Waals surface area contributed by atoms with Crippen molar-refractivity contribution in [1.82, 2.24) is 5.32 Å². The van der Waals surface area contributed by atoms with Gasteiger partial charge in [0, 0.05) is 5.56 Å². The summed E-state index contributed by atoms with van der Waals surface area (Å²) in [5.41, 5.74) is 2.92. The van der Waals surface area contributed by atoms with Crippen LogP contribution in [0.15, 0.2) is 90.6 Å². The maximum absolute atomic E-state index is 12.2. The summed E-state index contributed by atoms with van der Waals surface area (Å²) in [5, 5.41) is 11.9. The minimum Gasteiger partial charge on any atom is -0.477 e. The lowest BCUT2D eigenvalue weighted by atomic mass is 10.0. The normalized spacial score (nSPS) is 11.0. The fraction of sp³-hybridized carbons (Fsp3) is 0. The molecular weight excluding hydrogens is 326 g/mol. The predicted molar refractivity (Wildman–Crippen MR) is 101 cm³/mol. The maximum Gasteiger partial charge on any atom is 0.352 e. The van der Waals surface area contributed by atoms with Crippen LogP contribution in [0.1, 0.15) is 15.9 Å². The van der Waals surface area contributed by atoms with E-state index in [0.717, 1.165) is 11.1 Å². The number of hydrogen-bond donors (Lipinski definition) is 2. The second-order valence-corrected chi connectivity index (χ2v) is 5.67. The van der Waals surface area contributed by atoms with Crippen molar-refractivity contribution in [1.29, 1.82) is 0 Å². The SMILES string of the molecule is O=C(O)C(=Cc1cccc(-c2ccccc2)c1)NC(=O)c1ccccc1. The molecular formula is C22H17NO3. The van der Waals surface area contributed by atoms with E-state index in [0.29, 0.717) is 11.1 Å². The molecule has 0 atom stereocenters. The summed E-state index contributed by atoms with van der Waals surface area (Å²) in [5.74, 6) is -1.65. The minimum absolute atomic E-state index is 0.177. The molecule has 128 valence electrons. The van der Waals surface area contributed by atoms with Crippen LogP contribution in [0, 0.1) is 0 Å². The monoisotopic (exact) mass is 343 g/mol. The van der Waals surface area contributed by atoms with E-state index in [1.807, 2.05) is 48.5 Å². The zero-order chi connectivity index (χ0) is 18.4. The summed E-state index contributed by atoms with van der Waals surface area (Å²) in [7, 11) is 0. The number of aliphatic carboxylic acids is 1. The Kier molecular flexibility index (Phi) is 5.25. The van der Waals surface area contributed by atoms with Gasteiger partial charge in [0.25, 0.3) is 5.91 Å². The first-order valence-electron chi connectivity index (χ1n) is 8.10. The summed E-state index contributed by atoms with van der Waals surface area (Å²) < 4.78 is 0. The van der Waals surface area contributed by atoms with Crippen LogP contribution in [0.5, 0.6) is 0 Å². The molecule has 0 heterocycles. The molecule has 0 aliphatic carbocycles. The predicted octanol–water partition coefficient (Wildman–Crippen LogP) is 4.21. The minimum atomic E-state index is -1.20. The van der Waals surface area contributed by atoms with Crippen molar-refractivity contribution in [2.75, 3.05) is 0 Å². The van der Waals surface area contributed by atoms with Crippen LogP contribution in [0.4, 0.5) is 0 Å². The van der Waals surface area contributed by atoms with E-state index in [9.17, 15) is 14.7 Å². The third-order valence-corrected chi connectivity index (χ3v) is 3.82. The summed E-state index contributed by atoms with van der Waals surface area (Å²) >= 11 is 0. The fourth-order valence-corrected chi connectivity index (χ4v) is 2.54. The Bertz CT molecular complexity index is 947. The van der Waals surface area contributed by atoms with Crippen LogP contribution in [0.3, 0.4) is 0 Å². The van der Waals surface area contributed by atoms with Crippen LogP contribution < -0.4 is 5.32 Å². The van der Waals surface area contributed by atoms with Gasteiger partial charge < -0.3 is 10.4 Å². The van der Waals surface area contributed by atoms with Crippen molar-refractivity contribution in [3.8, 4) is 11.1 Å². The summed E-state index contributed by atoms with van der Waals surface area (Å²) in [6, 6.07) is 25.8. The Morgan fingerprint density at radius 2 is 1.38 bits per heavy atom. The maximum atomic E-state index is 12.2. The van der Waals surface area contributed by atoms with Gasteiger partial charge in [-0.1, -0.05) is 66.7 Å². The fourth-order valence-electron chi connectivity index (χ4n) is 2.54. The van der Waals surface area contributed by atoms with Gasteiger partial charge in [-0.3, -0.25) is 4.79 Å². The highest BCUT2D eigenvalue weighted by molar-refractivity contribution is 6.02. The smallest absolute Gasteiger partial charge is 0.352 e. The third kappa shape index (κ3) is 4.24. The molecule has 2 N–H and O–H groups in total. The summed E-state index contributed by atoms with van der Waals surface area (Å²) in [6.07, 6.45) is 1.45. The van der Waals surface area contributed by atoms with E-state index < -0.39 is 11.9 Å². The van der Waals surface area contributed by atoms with Crippen LogP contribution in [0.25, 0.3) is 17.2 Å². The molecule has 0 saturated heterocycles. The molecule has 0 aliphatic heterocycles. The van der Waals surface area contributed by atoms with Crippen molar-refractivity contribution < 1.29 is 14.7 Å². The third-order valence-electron chi connectivity index (χ3n) is 3.82. The first-order chi connectivity index (χ1) is 12.6. The lowest BCUT2D eigenvalue weighted by Crippen LogP contribution is -2.27. The second-order valence-electron chi connectivity index (χ2n) is 5.67. The molecule has 0 spiro atoms. The number of nitrogens with one attached hydrogen (secondary N) is 1. The molecule has 26 heavy (non-hydrogen) atoms. The Labute approximate surface area is 151 Å². The number of benzene rings is 3. The molecule has 0 aliphatic rings. The lowest BCUT2D eigenvalue weighted by Gasteiger charge is -2.07. The van der Waals surface area contributed by atoms with Gasteiger partial charge in [0.1, 0.15) is 5.70 Å². The van der Waals surface area contributed by atoms with Crippen LogP contribution in [-0.2, 0) is 4.79 Å². The highest BCUT2D eigenvalue weighted by Gasteiger charge is 2.13. The number of carboxylic acids is 1. The van der Waals surface area contributed by atoms with E-state index in [1.54, 1.807) is 36.4 Å². The Hall–Kier alpha value is -3.66. The molecule has 4 heteroatoms. The standard InChI is InChI=1S/C22H17NO3/c24-21(18-11-5-2-6-12-18)23-20(22(25)26)15-16-8-7-13-19(14-16)17-9-3-1-4-10-17/h1-15H,(H,23,24)(H,25,26). The molecule has 4 nitrogen and oxygen atoms in total. The number of rotatable bonds is 5. The molecule has 0 bridgehead atoms. The zero-order valence-corrected chi connectivity index (χ0v) is 13.9. The first-order valence-corrected chi connectivity index (χ1v) is 8.10. The Balaban J connectivity index is 1.88. The molecule has 3 aromatic carbocycles. The van der Waals surface area contributed by atoms with Gasteiger partial charge in [0.05, 0.1) is 0 Å². The molecule has 0 aromatic heterocycles. The van der Waals surface area contributed by atoms with Gasteiger partial charge in [-0.2, -0.15) is 0 Å². The molecule has 3 aromatic rings. The number of amides is 1. The van der Waals surface area contributed by atoms with Crippen LogP contribution in [0.2, 0.25) is 0 Å². The van der Waals surface area contributed by atoms with Gasteiger partial charge in [-0.25, -0.2) is 4.79 Å². The number of carbonyl (C=O) groups excluding carboxylic acids is 1. The summed E-state index contributed by atoms with van der Waals surface area (Å²) in [4.78, 5) is 23.8. The topological polar surface area (TPSA) is 66.4 Å². The van der Waals surface area contributed by atoms with Crippen molar-refractivity contribution >= 4 is 18.0 Å². The van der Waals surface area contributed by atoms with Crippen molar-refractivity contribution in [2.45, 2.75) is 0 Å².